The van der Waals surface area contributed by atoms with Gasteiger partial charge in [-0.2, -0.15) is 0 Å². The molecule has 0 spiro atoms. The van der Waals surface area contributed by atoms with E-state index in [1.807, 2.05) is 32.9 Å². The Morgan fingerprint density at radius 2 is 1.95 bits per heavy atom. The third-order valence-electron chi connectivity index (χ3n) is 2.96. The molecule has 0 fully saturated rings. The third kappa shape index (κ3) is 5.01. The van der Waals surface area contributed by atoms with E-state index in [1.165, 1.54) is 6.92 Å². The lowest BCUT2D eigenvalue weighted by molar-refractivity contribution is -0.119. The number of amides is 2. The van der Waals surface area contributed by atoms with Crippen LogP contribution in [0.15, 0.2) is 18.2 Å². The van der Waals surface area contributed by atoms with Crippen LogP contribution in [-0.2, 0) is 9.59 Å². The molecule has 5 heteroatoms. The van der Waals surface area contributed by atoms with Gasteiger partial charge >= 0.3 is 0 Å². The minimum atomic E-state index is -0.133. The summed E-state index contributed by atoms with van der Waals surface area (Å²) in [5.41, 5.74) is 2.37. The van der Waals surface area contributed by atoms with Crippen molar-refractivity contribution in [3.8, 4) is 0 Å². The van der Waals surface area contributed by atoms with E-state index < -0.39 is 0 Å². The van der Waals surface area contributed by atoms with Crippen molar-refractivity contribution in [2.45, 2.75) is 27.7 Å². The van der Waals surface area contributed by atoms with Crippen molar-refractivity contribution in [3.63, 3.8) is 0 Å². The molecule has 5 nitrogen and oxygen atoms in total. The minimum absolute atomic E-state index is 0.0333. The van der Waals surface area contributed by atoms with Crippen molar-refractivity contribution in [2.75, 3.05) is 23.7 Å². The molecule has 0 saturated heterocycles. The van der Waals surface area contributed by atoms with Crippen LogP contribution in [0.1, 0.15) is 26.3 Å². The third-order valence-corrected chi connectivity index (χ3v) is 2.96. The van der Waals surface area contributed by atoms with Crippen molar-refractivity contribution < 1.29 is 9.59 Å². The molecule has 1 atom stereocenters. The van der Waals surface area contributed by atoms with Gasteiger partial charge in [0, 0.05) is 30.8 Å². The number of hydrogen-bond acceptors (Lipinski definition) is 3. The lowest BCUT2D eigenvalue weighted by Crippen LogP contribution is -2.30. The molecule has 0 bridgehead atoms. The molecule has 1 aromatic carbocycles. The average molecular weight is 277 g/mol. The number of aryl methyl sites for hydroxylation is 1. The number of benzene rings is 1. The van der Waals surface area contributed by atoms with Gasteiger partial charge in [0.25, 0.3) is 0 Å². The Hall–Kier alpha value is -1.88. The fraction of sp³-hybridized carbons (Fsp3) is 0.467. The zero-order valence-electron chi connectivity index (χ0n) is 12.5. The molecule has 0 radical (unpaired) electrons. The van der Waals surface area contributed by atoms with Gasteiger partial charge < -0.3 is 16.0 Å². The molecule has 0 aliphatic carbocycles. The molecule has 0 saturated carbocycles. The molecule has 0 aliphatic heterocycles. The summed E-state index contributed by atoms with van der Waals surface area (Å²) in [6, 6.07) is 5.46. The van der Waals surface area contributed by atoms with Crippen LogP contribution in [0.5, 0.6) is 0 Å². The summed E-state index contributed by atoms with van der Waals surface area (Å²) in [5.74, 6) is -0.278. The maximum absolute atomic E-state index is 12.1. The second-order valence-electron chi connectivity index (χ2n) is 4.91. The average Bonchev–Trinajstić information content (AvgIpc) is 2.39. The lowest BCUT2D eigenvalue weighted by Gasteiger charge is -2.15. The number of rotatable bonds is 6. The summed E-state index contributed by atoms with van der Waals surface area (Å²) in [4.78, 5) is 23.1. The second-order valence-corrected chi connectivity index (χ2v) is 4.91. The van der Waals surface area contributed by atoms with Gasteiger partial charge in [-0.1, -0.05) is 19.9 Å². The van der Waals surface area contributed by atoms with Gasteiger partial charge in [-0.05, 0) is 31.2 Å². The molecule has 0 aliphatic rings. The van der Waals surface area contributed by atoms with Crippen LogP contribution < -0.4 is 16.0 Å². The summed E-state index contributed by atoms with van der Waals surface area (Å²) >= 11 is 0. The first-order valence-electron chi connectivity index (χ1n) is 6.83. The first-order chi connectivity index (χ1) is 9.43. The van der Waals surface area contributed by atoms with Crippen molar-refractivity contribution in [1.82, 2.24) is 5.32 Å². The van der Waals surface area contributed by atoms with Crippen molar-refractivity contribution in [2.24, 2.45) is 5.92 Å². The van der Waals surface area contributed by atoms with E-state index in [2.05, 4.69) is 16.0 Å². The molecule has 20 heavy (non-hydrogen) atoms. The van der Waals surface area contributed by atoms with E-state index in [1.54, 1.807) is 6.07 Å². The van der Waals surface area contributed by atoms with Crippen LogP contribution in [0.3, 0.4) is 0 Å². The lowest BCUT2D eigenvalue weighted by atomic mass is 10.1. The molecule has 1 rings (SSSR count). The molecule has 0 heterocycles. The highest BCUT2D eigenvalue weighted by Gasteiger charge is 2.13. The fourth-order valence-electron chi connectivity index (χ4n) is 1.75. The minimum Gasteiger partial charge on any atom is -0.326 e. The Bertz CT molecular complexity index is 486. The Morgan fingerprint density at radius 3 is 2.55 bits per heavy atom. The molecule has 2 amide bonds. The van der Waals surface area contributed by atoms with Gasteiger partial charge in [-0.3, -0.25) is 9.59 Å². The predicted molar refractivity (Wildman–Crippen MR) is 81.8 cm³/mol. The molecule has 3 N–H and O–H groups in total. The molecule has 0 aromatic heterocycles. The number of hydrogen-bond donors (Lipinski definition) is 3. The summed E-state index contributed by atoms with van der Waals surface area (Å²) in [7, 11) is 0. The van der Waals surface area contributed by atoms with Gasteiger partial charge in [0.05, 0.1) is 0 Å². The quantitative estimate of drug-likeness (QED) is 0.746. The predicted octanol–water partition coefficient (Wildman–Crippen LogP) is 2.14. The fourth-order valence-corrected chi connectivity index (χ4v) is 1.75. The maximum atomic E-state index is 12.1. The SMILES string of the molecule is CCNCC(C)C(=O)Nc1cc(NC(C)=O)ccc1C. The highest BCUT2D eigenvalue weighted by atomic mass is 16.2. The van der Waals surface area contributed by atoms with Crippen LogP contribution in [0.4, 0.5) is 11.4 Å². The normalized spacial score (nSPS) is 11.8. The molecular weight excluding hydrogens is 254 g/mol. The zero-order valence-corrected chi connectivity index (χ0v) is 12.5. The van der Waals surface area contributed by atoms with Crippen LogP contribution in [0.25, 0.3) is 0 Å². The maximum Gasteiger partial charge on any atom is 0.228 e. The van der Waals surface area contributed by atoms with Gasteiger partial charge in [0.1, 0.15) is 0 Å². The topological polar surface area (TPSA) is 70.2 Å². The summed E-state index contributed by atoms with van der Waals surface area (Å²) in [5, 5.41) is 8.76. The smallest absolute Gasteiger partial charge is 0.228 e. The summed E-state index contributed by atoms with van der Waals surface area (Å²) in [6.07, 6.45) is 0. The van der Waals surface area contributed by atoms with Crippen LogP contribution in [0.2, 0.25) is 0 Å². The molecule has 110 valence electrons. The van der Waals surface area contributed by atoms with Gasteiger partial charge in [0.2, 0.25) is 11.8 Å². The van der Waals surface area contributed by atoms with E-state index in [0.717, 1.165) is 17.8 Å². The van der Waals surface area contributed by atoms with Gasteiger partial charge in [0.15, 0.2) is 0 Å². The Balaban J connectivity index is 2.75. The van der Waals surface area contributed by atoms with E-state index in [-0.39, 0.29) is 17.7 Å². The second kappa shape index (κ2) is 7.65. The number of carbonyl (C=O) groups is 2. The van der Waals surface area contributed by atoms with Crippen LogP contribution in [0, 0.1) is 12.8 Å². The standard InChI is InChI=1S/C15H23N3O2/c1-5-16-9-11(3)15(20)18-14-8-13(17-12(4)19)7-6-10(14)2/h6-8,11,16H,5,9H2,1-4H3,(H,17,19)(H,18,20). The Kier molecular flexibility index (Phi) is 6.18. The molecule has 1 aromatic rings. The van der Waals surface area contributed by atoms with E-state index in [4.69, 9.17) is 0 Å². The first-order valence-corrected chi connectivity index (χ1v) is 6.83. The van der Waals surface area contributed by atoms with E-state index >= 15 is 0 Å². The van der Waals surface area contributed by atoms with Crippen LogP contribution in [-0.4, -0.2) is 24.9 Å². The van der Waals surface area contributed by atoms with E-state index in [9.17, 15) is 9.59 Å². The van der Waals surface area contributed by atoms with Crippen molar-refractivity contribution in [3.05, 3.63) is 23.8 Å². The summed E-state index contributed by atoms with van der Waals surface area (Å²) < 4.78 is 0. The van der Waals surface area contributed by atoms with E-state index in [0.29, 0.717) is 12.2 Å². The van der Waals surface area contributed by atoms with Gasteiger partial charge in [-0.15, -0.1) is 0 Å². The van der Waals surface area contributed by atoms with Crippen molar-refractivity contribution in [1.29, 1.82) is 0 Å². The van der Waals surface area contributed by atoms with Crippen LogP contribution >= 0.6 is 0 Å². The molecular formula is C15H23N3O2. The largest absolute Gasteiger partial charge is 0.326 e. The van der Waals surface area contributed by atoms with Crippen molar-refractivity contribution >= 4 is 23.2 Å². The monoisotopic (exact) mass is 277 g/mol. The number of anilines is 2. The zero-order chi connectivity index (χ0) is 15.1. The number of nitrogens with one attached hydrogen (secondary N) is 3. The first kappa shape index (κ1) is 16.2. The Morgan fingerprint density at radius 1 is 1.25 bits per heavy atom. The number of carbonyl (C=O) groups excluding carboxylic acids is 2. The Labute approximate surface area is 120 Å². The van der Waals surface area contributed by atoms with Gasteiger partial charge in [-0.25, -0.2) is 0 Å². The highest BCUT2D eigenvalue weighted by molar-refractivity contribution is 5.95. The summed E-state index contributed by atoms with van der Waals surface area (Å²) in [6.45, 7) is 8.75. The molecule has 1 unspecified atom stereocenters. The highest BCUT2D eigenvalue weighted by Crippen LogP contribution is 2.20.